The summed E-state index contributed by atoms with van der Waals surface area (Å²) >= 11 is 0. The van der Waals surface area contributed by atoms with Gasteiger partial charge in [-0.05, 0) is 48.3 Å². The van der Waals surface area contributed by atoms with E-state index in [9.17, 15) is 18.0 Å². The second-order valence-corrected chi connectivity index (χ2v) is 10.1. The Morgan fingerprint density at radius 3 is 2.24 bits per heavy atom. The van der Waals surface area contributed by atoms with Crippen LogP contribution >= 0.6 is 0 Å². The molecule has 1 heterocycles. The van der Waals surface area contributed by atoms with Crippen molar-refractivity contribution < 1.29 is 18.0 Å². The number of halogens is 3. The molecule has 10 heteroatoms. The first-order valence-corrected chi connectivity index (χ1v) is 11.5. The third-order valence-electron chi connectivity index (χ3n) is 5.21. The smallest absolute Gasteiger partial charge is 0.305 e. The largest absolute Gasteiger partial charge is 0.433 e. The van der Waals surface area contributed by atoms with Crippen LogP contribution in [-0.4, -0.2) is 41.4 Å². The first kappa shape index (κ1) is 27.6. The summed E-state index contributed by atoms with van der Waals surface area (Å²) in [5.41, 5.74) is 4.40. The van der Waals surface area contributed by atoms with E-state index in [1.54, 1.807) is 18.2 Å². The highest BCUT2D eigenvalue weighted by Crippen LogP contribution is 2.30. The van der Waals surface area contributed by atoms with Gasteiger partial charge in [-0.3, -0.25) is 15.2 Å². The van der Waals surface area contributed by atoms with E-state index in [0.717, 1.165) is 29.3 Å². The third-order valence-corrected chi connectivity index (χ3v) is 5.21. The van der Waals surface area contributed by atoms with Gasteiger partial charge in [0.1, 0.15) is 6.07 Å². The van der Waals surface area contributed by atoms with E-state index < -0.39 is 29.0 Å². The molecule has 0 saturated carbocycles. The topological polar surface area (TPSA) is 85.2 Å². The molecule has 0 saturated heterocycles. The summed E-state index contributed by atoms with van der Waals surface area (Å²) in [6, 6.07) is 17.2. The van der Waals surface area contributed by atoms with E-state index >= 15 is 0 Å². The molecule has 1 aromatic heterocycles. The molecular weight excluding hydrogens is 481 g/mol. The van der Waals surface area contributed by atoms with Gasteiger partial charge in [0, 0.05) is 24.7 Å². The molecule has 0 unspecified atom stereocenters. The lowest BCUT2D eigenvalue weighted by Gasteiger charge is -2.31. The number of benzene rings is 2. The Morgan fingerprint density at radius 2 is 1.68 bits per heavy atom. The molecule has 3 aromatic rings. The van der Waals surface area contributed by atoms with Crippen molar-refractivity contribution in [1.29, 1.82) is 5.26 Å². The number of hydrogen-bond donors (Lipinski definition) is 1. The molecule has 7 nitrogen and oxygen atoms in total. The van der Waals surface area contributed by atoms with Crippen LogP contribution in [0.4, 0.5) is 19.0 Å². The van der Waals surface area contributed by atoms with E-state index in [4.69, 9.17) is 5.26 Å². The number of nitrogens with zero attached hydrogens (tertiary/aromatic N) is 5. The van der Waals surface area contributed by atoms with Gasteiger partial charge in [-0.15, -0.1) is 0 Å². The van der Waals surface area contributed by atoms with Gasteiger partial charge in [0.2, 0.25) is 5.82 Å². The minimum Gasteiger partial charge on any atom is -0.305 e. The molecule has 0 spiro atoms. The monoisotopic (exact) mass is 510 g/mol. The second kappa shape index (κ2) is 11.0. The van der Waals surface area contributed by atoms with E-state index in [-0.39, 0.29) is 12.4 Å². The zero-order valence-corrected chi connectivity index (χ0v) is 21.4. The predicted molar refractivity (Wildman–Crippen MR) is 135 cm³/mol. The fourth-order valence-electron chi connectivity index (χ4n) is 3.69. The molecule has 0 aliphatic rings. The summed E-state index contributed by atoms with van der Waals surface area (Å²) in [6.45, 7) is 6.48. The molecule has 0 atom stereocenters. The van der Waals surface area contributed by atoms with Crippen molar-refractivity contribution >= 4 is 11.7 Å². The highest BCUT2D eigenvalue weighted by molar-refractivity contribution is 5.95. The van der Waals surface area contributed by atoms with E-state index in [0.29, 0.717) is 5.56 Å². The molecule has 194 valence electrons. The SMILES string of the molecule is CN(C)Cc1ccccc1-c1ccc(C(=O)NN(CC(C)(C)C)c2cc(C(F)(F)F)nc(C#N)n2)cc1. The van der Waals surface area contributed by atoms with E-state index in [2.05, 4.69) is 20.3 Å². The first-order chi connectivity index (χ1) is 17.3. The highest BCUT2D eigenvalue weighted by atomic mass is 19.4. The maximum Gasteiger partial charge on any atom is 0.433 e. The van der Waals surface area contributed by atoms with Crippen molar-refractivity contribution in [2.24, 2.45) is 5.41 Å². The number of alkyl halides is 3. The molecule has 2 aromatic carbocycles. The van der Waals surface area contributed by atoms with Crippen molar-refractivity contribution in [2.75, 3.05) is 25.6 Å². The number of aromatic nitrogens is 2. The lowest BCUT2D eigenvalue weighted by Crippen LogP contribution is -2.47. The van der Waals surface area contributed by atoms with Crippen molar-refractivity contribution in [3.05, 3.63) is 77.2 Å². The Balaban J connectivity index is 1.91. The molecule has 0 aliphatic heterocycles. The normalized spacial score (nSPS) is 11.8. The Bertz CT molecular complexity index is 1290. The van der Waals surface area contributed by atoms with Gasteiger partial charge in [0.25, 0.3) is 5.91 Å². The van der Waals surface area contributed by atoms with Crippen LogP contribution in [0.2, 0.25) is 0 Å². The maximum absolute atomic E-state index is 13.4. The molecule has 3 rings (SSSR count). The number of nitriles is 1. The predicted octanol–water partition coefficient (Wildman–Crippen LogP) is 5.29. The molecular formula is C27H29F3N6O. The Labute approximate surface area is 214 Å². The minimum absolute atomic E-state index is 0.133. The van der Waals surface area contributed by atoms with Crippen LogP contribution in [0.25, 0.3) is 11.1 Å². The summed E-state index contributed by atoms with van der Waals surface area (Å²) in [6.07, 6.45) is -4.78. The molecule has 0 bridgehead atoms. The summed E-state index contributed by atoms with van der Waals surface area (Å²) in [5.74, 6) is -1.39. The molecule has 0 fully saturated rings. The number of rotatable bonds is 7. The summed E-state index contributed by atoms with van der Waals surface area (Å²) in [7, 11) is 3.98. The van der Waals surface area contributed by atoms with Gasteiger partial charge < -0.3 is 4.90 Å². The van der Waals surface area contributed by atoms with E-state index in [1.165, 1.54) is 5.01 Å². The van der Waals surface area contributed by atoms with Crippen molar-refractivity contribution in [3.8, 4) is 17.2 Å². The fourth-order valence-corrected chi connectivity index (χ4v) is 3.69. The van der Waals surface area contributed by atoms with Gasteiger partial charge in [-0.2, -0.15) is 23.4 Å². The van der Waals surface area contributed by atoms with Crippen LogP contribution in [0, 0.1) is 16.7 Å². The van der Waals surface area contributed by atoms with Gasteiger partial charge in [0.05, 0.1) is 0 Å². The lowest BCUT2D eigenvalue weighted by atomic mass is 9.96. The third kappa shape index (κ3) is 7.51. The van der Waals surface area contributed by atoms with Crippen LogP contribution in [0.5, 0.6) is 0 Å². The average Bonchev–Trinajstić information content (AvgIpc) is 2.82. The van der Waals surface area contributed by atoms with Crippen LogP contribution in [0.3, 0.4) is 0 Å². The average molecular weight is 511 g/mol. The molecule has 37 heavy (non-hydrogen) atoms. The van der Waals surface area contributed by atoms with Crippen molar-refractivity contribution in [1.82, 2.24) is 20.3 Å². The number of amides is 1. The van der Waals surface area contributed by atoms with Crippen LogP contribution in [0.15, 0.2) is 54.6 Å². The number of hydrazine groups is 1. The van der Waals surface area contributed by atoms with Crippen molar-refractivity contribution in [2.45, 2.75) is 33.5 Å². The Hall–Kier alpha value is -3.97. The van der Waals surface area contributed by atoms with Crippen LogP contribution < -0.4 is 10.4 Å². The second-order valence-electron chi connectivity index (χ2n) is 10.1. The Kier molecular flexibility index (Phi) is 8.18. The fraction of sp³-hybridized carbons (Fsp3) is 0.333. The molecule has 0 radical (unpaired) electrons. The van der Waals surface area contributed by atoms with Gasteiger partial charge in [-0.25, -0.2) is 4.98 Å². The lowest BCUT2D eigenvalue weighted by molar-refractivity contribution is -0.141. The number of carbonyl (C=O) groups is 1. The standard InChI is InChI=1S/C27H29F3N6O/c1-26(2,3)17-36(24-14-22(27(28,29)30)32-23(15-31)33-24)34-25(37)19-12-10-18(11-13-19)21-9-7-6-8-20(21)16-35(4)5/h6-14H,16-17H2,1-5H3,(H,34,37). The Morgan fingerprint density at radius 1 is 1.03 bits per heavy atom. The van der Waals surface area contributed by atoms with Crippen LogP contribution in [-0.2, 0) is 12.7 Å². The number of hydrogen-bond acceptors (Lipinski definition) is 6. The maximum atomic E-state index is 13.4. The first-order valence-electron chi connectivity index (χ1n) is 11.5. The van der Waals surface area contributed by atoms with Crippen molar-refractivity contribution in [3.63, 3.8) is 0 Å². The number of anilines is 1. The van der Waals surface area contributed by atoms with E-state index in [1.807, 2.05) is 71.3 Å². The molecule has 1 amide bonds. The number of carbonyl (C=O) groups excluding carboxylic acids is 1. The summed E-state index contributed by atoms with van der Waals surface area (Å²) in [4.78, 5) is 22.4. The summed E-state index contributed by atoms with van der Waals surface area (Å²) in [5, 5.41) is 10.4. The highest BCUT2D eigenvalue weighted by Gasteiger charge is 2.35. The van der Waals surface area contributed by atoms with Gasteiger partial charge >= 0.3 is 6.18 Å². The quantitative estimate of drug-likeness (QED) is 0.435. The number of nitrogens with one attached hydrogen (secondary N) is 1. The molecule has 1 N–H and O–H groups in total. The molecule has 0 aliphatic carbocycles. The van der Waals surface area contributed by atoms with Crippen LogP contribution in [0.1, 0.15) is 48.2 Å². The zero-order chi connectivity index (χ0) is 27.4. The summed E-state index contributed by atoms with van der Waals surface area (Å²) < 4.78 is 40.1. The van der Waals surface area contributed by atoms with Gasteiger partial charge in [-0.1, -0.05) is 57.2 Å². The zero-order valence-electron chi connectivity index (χ0n) is 21.4. The van der Waals surface area contributed by atoms with Gasteiger partial charge in [0.15, 0.2) is 11.5 Å². The minimum atomic E-state index is -4.78.